The molecule has 0 aliphatic heterocycles. The van der Waals surface area contributed by atoms with Gasteiger partial charge < -0.3 is 20.1 Å². The molecule has 4 rings (SSSR count). The molecule has 0 saturated heterocycles. The van der Waals surface area contributed by atoms with Crippen LogP contribution in [0.1, 0.15) is 40.3 Å². The molecular formula is C26H29ClN8O5. The molecule has 14 heteroatoms. The highest BCUT2D eigenvalue weighted by Crippen LogP contribution is 2.32. The van der Waals surface area contributed by atoms with E-state index in [1.54, 1.807) is 38.4 Å². The molecule has 0 bridgehead atoms. The molecule has 0 aliphatic rings. The Balaban J connectivity index is 1.86. The average molecular weight is 569 g/mol. The van der Waals surface area contributed by atoms with Gasteiger partial charge in [0.15, 0.2) is 5.82 Å². The van der Waals surface area contributed by atoms with Crippen LogP contribution in [0.3, 0.4) is 0 Å². The van der Waals surface area contributed by atoms with Crippen LogP contribution in [0.5, 0.6) is 5.88 Å². The number of aromatic nitrogens is 5. The summed E-state index contributed by atoms with van der Waals surface area (Å²) in [5.74, 6) is -0.621. The van der Waals surface area contributed by atoms with Gasteiger partial charge in [0.05, 0.1) is 42.2 Å². The van der Waals surface area contributed by atoms with Gasteiger partial charge in [-0.15, -0.1) is 5.10 Å². The van der Waals surface area contributed by atoms with Gasteiger partial charge in [0.1, 0.15) is 12.4 Å². The second-order valence-electron chi connectivity index (χ2n) is 9.21. The van der Waals surface area contributed by atoms with Gasteiger partial charge in [0, 0.05) is 30.7 Å². The molecule has 0 spiro atoms. The Morgan fingerprint density at radius 2 is 1.93 bits per heavy atom. The summed E-state index contributed by atoms with van der Waals surface area (Å²) in [7, 11) is 4.24. The quantitative estimate of drug-likeness (QED) is 0.328. The fourth-order valence-electron chi connectivity index (χ4n) is 4.13. The Morgan fingerprint density at radius 3 is 2.58 bits per heavy atom. The van der Waals surface area contributed by atoms with Gasteiger partial charge in [-0.1, -0.05) is 11.6 Å². The van der Waals surface area contributed by atoms with Crippen molar-refractivity contribution in [2.45, 2.75) is 33.5 Å². The van der Waals surface area contributed by atoms with E-state index in [1.807, 2.05) is 13.8 Å². The monoisotopic (exact) mass is 568 g/mol. The normalized spacial score (nSPS) is 11.0. The second-order valence-corrected chi connectivity index (χ2v) is 9.62. The van der Waals surface area contributed by atoms with Crippen molar-refractivity contribution in [1.29, 1.82) is 0 Å². The maximum Gasteiger partial charge on any atom is 0.410 e. The molecule has 3 aromatic heterocycles. The molecule has 0 fully saturated rings. The second kappa shape index (κ2) is 11.6. The lowest BCUT2D eigenvalue weighted by Gasteiger charge is -2.20. The van der Waals surface area contributed by atoms with E-state index in [2.05, 4.69) is 25.8 Å². The highest BCUT2D eigenvalue weighted by molar-refractivity contribution is 6.32. The van der Waals surface area contributed by atoms with Crippen LogP contribution in [0.15, 0.2) is 36.7 Å². The van der Waals surface area contributed by atoms with E-state index in [-0.39, 0.29) is 46.4 Å². The Morgan fingerprint density at radius 1 is 1.18 bits per heavy atom. The largest absolute Gasteiger partial charge is 0.480 e. The third-order valence-corrected chi connectivity index (χ3v) is 6.20. The molecule has 0 radical (unpaired) electrons. The van der Waals surface area contributed by atoms with Crippen molar-refractivity contribution in [3.63, 3.8) is 0 Å². The lowest BCUT2D eigenvalue weighted by Crippen LogP contribution is -2.33. The number of nitrogens with zero attached hydrogens (tertiary/aromatic N) is 6. The van der Waals surface area contributed by atoms with Crippen molar-refractivity contribution >= 4 is 46.1 Å². The van der Waals surface area contributed by atoms with E-state index in [1.165, 1.54) is 40.7 Å². The predicted octanol–water partition coefficient (Wildman–Crippen LogP) is 3.63. The van der Waals surface area contributed by atoms with E-state index in [9.17, 15) is 14.4 Å². The number of ether oxygens (including phenoxy) is 2. The first-order valence-electron chi connectivity index (χ1n) is 12.2. The summed E-state index contributed by atoms with van der Waals surface area (Å²) in [6, 6.07) is 6.33. The highest BCUT2D eigenvalue weighted by atomic mass is 35.5. The number of aryl methyl sites for hydroxylation is 1. The number of fused-ring (bicyclic) bond motifs is 1. The van der Waals surface area contributed by atoms with Gasteiger partial charge >= 0.3 is 6.09 Å². The smallest absolute Gasteiger partial charge is 0.410 e. The number of carbonyl (C=O) groups is 3. The molecule has 40 heavy (non-hydrogen) atoms. The molecule has 3 amide bonds. The number of anilines is 1. The number of rotatable bonds is 8. The topological polar surface area (TPSA) is 146 Å². The van der Waals surface area contributed by atoms with Crippen LogP contribution >= 0.6 is 11.6 Å². The molecule has 3 heterocycles. The van der Waals surface area contributed by atoms with Crippen molar-refractivity contribution in [2.75, 3.05) is 26.6 Å². The van der Waals surface area contributed by atoms with E-state index in [0.717, 1.165) is 0 Å². The third-order valence-electron chi connectivity index (χ3n) is 5.91. The van der Waals surface area contributed by atoms with Crippen molar-refractivity contribution < 1.29 is 23.9 Å². The van der Waals surface area contributed by atoms with Gasteiger partial charge in [-0.05, 0) is 44.5 Å². The number of hydrogen-bond acceptors (Lipinski definition) is 8. The predicted molar refractivity (Wildman–Crippen MR) is 148 cm³/mol. The number of halogens is 1. The molecule has 210 valence electrons. The van der Waals surface area contributed by atoms with Crippen LogP contribution in [0, 0.1) is 6.92 Å². The van der Waals surface area contributed by atoms with E-state index >= 15 is 0 Å². The lowest BCUT2D eigenvalue weighted by atomic mass is 10.0. The Labute approximate surface area is 235 Å². The zero-order valence-corrected chi connectivity index (χ0v) is 23.6. The number of benzene rings is 1. The van der Waals surface area contributed by atoms with Crippen LogP contribution < -0.4 is 15.4 Å². The minimum atomic E-state index is -0.587. The summed E-state index contributed by atoms with van der Waals surface area (Å²) in [5.41, 5.74) is 1.56. The number of amides is 3. The first kappa shape index (κ1) is 28.4. The SMILES string of the molecule is COC(=O)N(C)Cn1ncc2cc(C)c(NC(=O)c3cc(OC)nn3-c3ncccc3Cl)c(C(=O)NC(C)C)c21. The first-order valence-corrected chi connectivity index (χ1v) is 12.6. The highest BCUT2D eigenvalue weighted by Gasteiger charge is 2.27. The summed E-state index contributed by atoms with van der Waals surface area (Å²) in [5, 5.41) is 15.4. The summed E-state index contributed by atoms with van der Waals surface area (Å²) in [6.07, 6.45) is 2.54. The van der Waals surface area contributed by atoms with Crippen LogP contribution in [-0.4, -0.2) is 74.7 Å². The van der Waals surface area contributed by atoms with E-state index in [4.69, 9.17) is 21.1 Å². The molecule has 0 saturated carbocycles. The zero-order chi connectivity index (χ0) is 29.1. The fraction of sp³-hybridized carbons (Fsp3) is 0.308. The number of hydrogen-bond donors (Lipinski definition) is 2. The number of carbonyl (C=O) groups excluding carboxylic acids is 3. The third kappa shape index (κ3) is 5.54. The van der Waals surface area contributed by atoms with Crippen LogP contribution in [0.4, 0.5) is 10.5 Å². The molecule has 4 aromatic rings. The maximum absolute atomic E-state index is 13.7. The summed E-state index contributed by atoms with van der Waals surface area (Å²) in [4.78, 5) is 44.9. The molecular weight excluding hydrogens is 540 g/mol. The lowest BCUT2D eigenvalue weighted by molar-refractivity contribution is 0.0945. The Hall–Kier alpha value is -4.65. The minimum absolute atomic E-state index is 0.00325. The Bertz CT molecular complexity index is 1600. The molecule has 0 unspecified atom stereocenters. The molecule has 13 nitrogen and oxygen atoms in total. The first-order chi connectivity index (χ1) is 19.0. The van der Waals surface area contributed by atoms with Crippen LogP contribution in [-0.2, 0) is 11.4 Å². The van der Waals surface area contributed by atoms with Gasteiger partial charge in [-0.3, -0.25) is 14.5 Å². The average Bonchev–Trinajstić information content (AvgIpc) is 3.52. The van der Waals surface area contributed by atoms with E-state index in [0.29, 0.717) is 16.5 Å². The number of nitrogens with one attached hydrogen (secondary N) is 2. The maximum atomic E-state index is 13.7. The molecule has 0 atom stereocenters. The Kier molecular flexibility index (Phi) is 8.24. The summed E-state index contributed by atoms with van der Waals surface area (Å²) in [6.45, 7) is 5.42. The van der Waals surface area contributed by atoms with Gasteiger partial charge in [0.2, 0.25) is 5.88 Å². The van der Waals surface area contributed by atoms with Gasteiger partial charge in [-0.2, -0.15) is 5.10 Å². The van der Waals surface area contributed by atoms with Crippen LogP contribution in [0.2, 0.25) is 5.02 Å². The zero-order valence-electron chi connectivity index (χ0n) is 22.9. The van der Waals surface area contributed by atoms with Crippen molar-refractivity contribution in [2.24, 2.45) is 0 Å². The number of pyridine rings is 1. The minimum Gasteiger partial charge on any atom is -0.480 e. The summed E-state index contributed by atoms with van der Waals surface area (Å²) >= 11 is 6.34. The fourth-order valence-corrected chi connectivity index (χ4v) is 4.33. The van der Waals surface area contributed by atoms with E-state index < -0.39 is 17.9 Å². The van der Waals surface area contributed by atoms with Crippen molar-refractivity contribution in [1.82, 2.24) is 34.8 Å². The van der Waals surface area contributed by atoms with Gasteiger partial charge in [-0.25, -0.2) is 19.1 Å². The van der Waals surface area contributed by atoms with Crippen molar-refractivity contribution in [3.05, 3.63) is 58.5 Å². The molecule has 1 aromatic carbocycles. The van der Waals surface area contributed by atoms with Gasteiger partial charge in [0.25, 0.3) is 11.8 Å². The number of methoxy groups -OCH3 is 2. The molecule has 0 aliphatic carbocycles. The molecule has 2 N–H and O–H groups in total. The van der Waals surface area contributed by atoms with Crippen LogP contribution in [0.25, 0.3) is 16.7 Å². The van der Waals surface area contributed by atoms with Crippen molar-refractivity contribution in [3.8, 4) is 11.7 Å². The summed E-state index contributed by atoms with van der Waals surface area (Å²) < 4.78 is 12.8. The standard InChI is InChI=1S/C26H29ClN8O5/c1-14(2)30-25(37)20-21(15(3)10-16-12-29-34(22(16)20)13-33(4)26(38)40-6)31-24(36)18-11-19(39-5)32-35(18)23-17(27)8-7-9-28-23/h7-12,14H,13H2,1-6H3,(H,30,37)(H,31,36).